The summed E-state index contributed by atoms with van der Waals surface area (Å²) in [5.74, 6) is -0.395. The normalized spacial score (nSPS) is 13.0. The Balaban J connectivity index is 2.17. The van der Waals surface area contributed by atoms with Crippen molar-refractivity contribution in [1.29, 1.82) is 0 Å². The molecule has 2 N–H and O–H groups in total. The van der Waals surface area contributed by atoms with Crippen molar-refractivity contribution in [2.75, 3.05) is 0 Å². The first kappa shape index (κ1) is 20.5. The first-order chi connectivity index (χ1) is 13.6. The van der Waals surface area contributed by atoms with Crippen LogP contribution in [0.25, 0.3) is 10.8 Å². The third-order valence-electron chi connectivity index (χ3n) is 3.83. The number of phenolic OH excluding ortho intramolecular Hbond substituents is 1. The molecule has 0 saturated carbocycles. The molecule has 0 spiro atoms. The Morgan fingerprint density at radius 2 is 1.72 bits per heavy atom. The van der Waals surface area contributed by atoms with Crippen molar-refractivity contribution in [3.63, 3.8) is 0 Å². The SMILES string of the molecule is O=[N+]([O-])c1cc(S(=O)[O-])ccc1N=Nc1c(O)ccc2ccc(S(=O)(=O)O)cc12. The second-order valence-corrected chi connectivity index (χ2v) is 8.00. The molecular weight excluding hydrogens is 426 g/mol. The van der Waals surface area contributed by atoms with E-state index in [0.717, 1.165) is 30.3 Å². The van der Waals surface area contributed by atoms with Gasteiger partial charge >= 0.3 is 0 Å². The molecule has 1 unspecified atom stereocenters. The summed E-state index contributed by atoms with van der Waals surface area (Å²) < 4.78 is 53.9. The Bertz CT molecular complexity index is 1310. The molecule has 29 heavy (non-hydrogen) atoms. The first-order valence-electron chi connectivity index (χ1n) is 7.60. The van der Waals surface area contributed by atoms with Gasteiger partial charge in [0, 0.05) is 16.3 Å². The molecule has 11 nitrogen and oxygen atoms in total. The van der Waals surface area contributed by atoms with E-state index in [-0.39, 0.29) is 21.7 Å². The highest BCUT2D eigenvalue weighted by Gasteiger charge is 2.17. The van der Waals surface area contributed by atoms with E-state index in [9.17, 15) is 37.0 Å². The molecule has 3 rings (SSSR count). The van der Waals surface area contributed by atoms with Crippen LogP contribution < -0.4 is 0 Å². The summed E-state index contributed by atoms with van der Waals surface area (Å²) in [5.41, 5.74) is -1.11. The van der Waals surface area contributed by atoms with Crippen LogP contribution in [0.1, 0.15) is 0 Å². The number of nitro benzene ring substituents is 1. The van der Waals surface area contributed by atoms with Crippen LogP contribution in [0.3, 0.4) is 0 Å². The zero-order valence-corrected chi connectivity index (χ0v) is 15.8. The molecule has 0 aliphatic rings. The highest BCUT2D eigenvalue weighted by Crippen LogP contribution is 2.38. The van der Waals surface area contributed by atoms with E-state index in [0.29, 0.717) is 5.39 Å². The van der Waals surface area contributed by atoms with Crippen molar-refractivity contribution in [1.82, 2.24) is 0 Å². The molecule has 0 saturated heterocycles. The van der Waals surface area contributed by atoms with Gasteiger partial charge in [-0.25, -0.2) is 0 Å². The van der Waals surface area contributed by atoms with E-state index in [1.807, 2.05) is 0 Å². The molecule has 0 aliphatic heterocycles. The fourth-order valence-corrected chi connectivity index (χ4v) is 3.37. The van der Waals surface area contributed by atoms with Crippen LogP contribution in [0.4, 0.5) is 17.1 Å². The number of nitro groups is 1. The topological polar surface area (TPSA) is 183 Å². The van der Waals surface area contributed by atoms with Gasteiger partial charge in [0.1, 0.15) is 11.4 Å². The zero-order valence-electron chi connectivity index (χ0n) is 14.1. The monoisotopic (exact) mass is 436 g/mol. The number of phenols is 1. The number of rotatable bonds is 5. The van der Waals surface area contributed by atoms with Crippen molar-refractivity contribution in [2.24, 2.45) is 10.2 Å². The Morgan fingerprint density at radius 3 is 2.34 bits per heavy atom. The molecule has 0 radical (unpaired) electrons. The lowest BCUT2D eigenvalue weighted by atomic mass is 10.1. The molecular formula is C16H10N3O8S2-. The average molecular weight is 436 g/mol. The number of benzene rings is 3. The van der Waals surface area contributed by atoms with E-state index in [1.165, 1.54) is 18.2 Å². The first-order valence-corrected chi connectivity index (χ1v) is 10.1. The molecule has 1 atom stereocenters. The van der Waals surface area contributed by atoms with Crippen molar-refractivity contribution in [3.8, 4) is 5.75 Å². The minimum Gasteiger partial charge on any atom is -0.768 e. The van der Waals surface area contributed by atoms with Crippen LogP contribution in [-0.4, -0.2) is 31.8 Å². The van der Waals surface area contributed by atoms with E-state index >= 15 is 0 Å². The van der Waals surface area contributed by atoms with Crippen LogP contribution in [-0.2, 0) is 21.2 Å². The maximum Gasteiger partial charge on any atom is 0.297 e. The van der Waals surface area contributed by atoms with Crippen LogP contribution in [0, 0.1) is 10.1 Å². The molecule has 0 aliphatic carbocycles. The fraction of sp³-hybridized carbons (Fsp3) is 0. The highest BCUT2D eigenvalue weighted by molar-refractivity contribution is 7.85. The van der Waals surface area contributed by atoms with Gasteiger partial charge in [0.15, 0.2) is 5.69 Å². The molecule has 0 heterocycles. The van der Waals surface area contributed by atoms with Gasteiger partial charge in [0.2, 0.25) is 0 Å². The number of fused-ring (bicyclic) bond motifs is 1. The molecule has 3 aromatic rings. The molecule has 3 aromatic carbocycles. The lowest BCUT2D eigenvalue weighted by Crippen LogP contribution is -1.97. The predicted molar refractivity (Wildman–Crippen MR) is 99.9 cm³/mol. The van der Waals surface area contributed by atoms with E-state index in [4.69, 9.17) is 0 Å². The minimum atomic E-state index is -4.52. The fourth-order valence-electron chi connectivity index (χ4n) is 2.48. The zero-order chi connectivity index (χ0) is 21.3. The smallest absolute Gasteiger partial charge is 0.297 e. The van der Waals surface area contributed by atoms with Gasteiger partial charge in [-0.1, -0.05) is 12.1 Å². The number of hydrogen-bond donors (Lipinski definition) is 2. The Labute approximate surface area is 165 Å². The predicted octanol–water partition coefficient (Wildman–Crippen LogP) is 3.35. The van der Waals surface area contributed by atoms with Gasteiger partial charge in [0.05, 0.1) is 9.82 Å². The summed E-state index contributed by atoms with van der Waals surface area (Å²) in [7, 11) is -4.52. The van der Waals surface area contributed by atoms with Crippen LogP contribution in [0.15, 0.2) is 68.6 Å². The molecule has 0 amide bonds. The van der Waals surface area contributed by atoms with Crippen molar-refractivity contribution in [3.05, 3.63) is 58.6 Å². The van der Waals surface area contributed by atoms with Crippen LogP contribution >= 0.6 is 0 Å². The second-order valence-electron chi connectivity index (χ2n) is 5.63. The number of azo groups is 1. The lowest BCUT2D eigenvalue weighted by Gasteiger charge is -2.07. The summed E-state index contributed by atoms with van der Waals surface area (Å²) >= 11 is -2.68. The minimum absolute atomic E-state index is 0.115. The number of hydrogen-bond acceptors (Lipinski definition) is 9. The quantitative estimate of drug-likeness (QED) is 0.200. The van der Waals surface area contributed by atoms with Crippen LogP contribution in [0.2, 0.25) is 0 Å². The molecule has 150 valence electrons. The van der Waals surface area contributed by atoms with Gasteiger partial charge in [-0.05, 0) is 46.8 Å². The van der Waals surface area contributed by atoms with Crippen molar-refractivity contribution < 1.29 is 31.8 Å². The third-order valence-corrected chi connectivity index (χ3v) is 5.32. The molecule has 0 fully saturated rings. The Hall–Kier alpha value is -3.26. The number of nitrogens with zero attached hydrogens (tertiary/aromatic N) is 3. The summed E-state index contributed by atoms with van der Waals surface area (Å²) in [5, 5.41) is 29.4. The Morgan fingerprint density at radius 1 is 1.03 bits per heavy atom. The summed E-state index contributed by atoms with van der Waals surface area (Å²) in [4.78, 5) is 9.60. The maximum atomic E-state index is 11.4. The van der Waals surface area contributed by atoms with E-state index in [2.05, 4.69) is 10.2 Å². The highest BCUT2D eigenvalue weighted by atomic mass is 32.2. The Kier molecular flexibility index (Phi) is 5.39. The molecule has 0 bridgehead atoms. The van der Waals surface area contributed by atoms with Crippen molar-refractivity contribution in [2.45, 2.75) is 9.79 Å². The van der Waals surface area contributed by atoms with Gasteiger partial charge in [0.25, 0.3) is 15.8 Å². The summed E-state index contributed by atoms with van der Waals surface area (Å²) in [6.45, 7) is 0. The third kappa shape index (κ3) is 4.27. The van der Waals surface area contributed by atoms with Gasteiger partial charge < -0.3 is 9.66 Å². The van der Waals surface area contributed by atoms with Crippen LogP contribution in [0.5, 0.6) is 5.75 Å². The standard InChI is InChI=1S/C16H11N3O8S2/c20-15-6-2-9-1-4-11(29(25,26)27)8-12(9)16(15)18-17-13-5-3-10(28(23)24)7-14(13)19(21)22/h1-8,20H,(H,23,24)(H,25,26,27)/p-1. The number of aromatic hydroxyl groups is 1. The largest absolute Gasteiger partial charge is 0.768 e. The molecule has 0 aromatic heterocycles. The lowest BCUT2D eigenvalue weighted by molar-refractivity contribution is -0.384. The van der Waals surface area contributed by atoms with Gasteiger partial charge in [-0.15, -0.1) is 10.2 Å². The van der Waals surface area contributed by atoms with E-state index < -0.39 is 42.5 Å². The average Bonchev–Trinajstić information content (AvgIpc) is 2.65. The van der Waals surface area contributed by atoms with Gasteiger partial charge in [-0.3, -0.25) is 18.9 Å². The van der Waals surface area contributed by atoms with Crippen molar-refractivity contribution >= 4 is 49.0 Å². The van der Waals surface area contributed by atoms with E-state index in [1.54, 1.807) is 0 Å². The summed E-state index contributed by atoms with van der Waals surface area (Å²) in [6.07, 6.45) is 0. The maximum absolute atomic E-state index is 11.4. The molecule has 13 heteroatoms. The second kappa shape index (κ2) is 7.63. The summed E-state index contributed by atoms with van der Waals surface area (Å²) in [6, 6.07) is 9.29. The van der Waals surface area contributed by atoms with Gasteiger partial charge in [-0.2, -0.15) is 8.42 Å².